The second kappa shape index (κ2) is 7.04. The molecule has 1 heterocycles. The monoisotopic (exact) mass is 354 g/mol. The van der Waals surface area contributed by atoms with Crippen molar-refractivity contribution in [2.75, 3.05) is 26.2 Å². The smallest absolute Gasteiger partial charge is 0.320 e. The summed E-state index contributed by atoms with van der Waals surface area (Å²) in [6.07, 6.45) is 0.391. The Morgan fingerprint density at radius 2 is 1.76 bits per heavy atom. The van der Waals surface area contributed by atoms with Gasteiger partial charge in [-0.05, 0) is 24.6 Å². The van der Waals surface area contributed by atoms with E-state index in [9.17, 15) is 9.59 Å². The average Bonchev–Trinajstić information content (AvgIpc) is 2.49. The van der Waals surface area contributed by atoms with Crippen LogP contribution in [0.25, 0.3) is 0 Å². The number of piperazine rings is 1. The van der Waals surface area contributed by atoms with E-state index in [0.717, 1.165) is 10.0 Å². The van der Waals surface area contributed by atoms with Gasteiger partial charge in [-0.3, -0.25) is 14.5 Å². The molecular weight excluding hydrogens is 336 g/mol. The number of carbonyl (C=O) groups excluding carboxylic acids is 1. The fraction of sp³-hybridized carbons (Fsp3) is 0.467. The number of carboxylic acids is 1. The highest BCUT2D eigenvalue weighted by Gasteiger charge is 2.26. The molecule has 1 fully saturated rings. The van der Waals surface area contributed by atoms with Crippen molar-refractivity contribution in [1.82, 2.24) is 9.80 Å². The first-order valence-electron chi connectivity index (χ1n) is 6.96. The van der Waals surface area contributed by atoms with E-state index in [0.29, 0.717) is 32.6 Å². The predicted molar refractivity (Wildman–Crippen MR) is 83.1 cm³/mol. The summed E-state index contributed by atoms with van der Waals surface area (Å²) in [5.41, 5.74) is 0.990. The molecule has 1 aliphatic rings. The zero-order valence-electron chi connectivity index (χ0n) is 12.0. The second-order valence-corrected chi connectivity index (χ2v) is 6.15. The summed E-state index contributed by atoms with van der Waals surface area (Å²) in [7, 11) is 0. The van der Waals surface area contributed by atoms with Gasteiger partial charge in [-0.15, -0.1) is 0 Å². The van der Waals surface area contributed by atoms with Crippen molar-refractivity contribution in [2.24, 2.45) is 0 Å². The molecule has 114 valence electrons. The van der Waals surface area contributed by atoms with Gasteiger partial charge in [-0.1, -0.05) is 28.1 Å². The minimum absolute atomic E-state index is 0.0972. The standard InChI is InChI=1S/C15H19BrN2O3/c1-11(15(20)21)17-6-8-18(9-7-17)14(19)10-12-2-4-13(16)5-3-12/h2-5,11H,6-10H2,1H3,(H,20,21). The Kier molecular flexibility index (Phi) is 5.36. The molecule has 1 amide bonds. The quantitative estimate of drug-likeness (QED) is 0.892. The second-order valence-electron chi connectivity index (χ2n) is 5.23. The maximum absolute atomic E-state index is 12.2. The Morgan fingerprint density at radius 1 is 1.19 bits per heavy atom. The summed E-state index contributed by atoms with van der Waals surface area (Å²) in [4.78, 5) is 26.9. The lowest BCUT2D eigenvalue weighted by molar-refractivity contribution is -0.144. The van der Waals surface area contributed by atoms with E-state index in [4.69, 9.17) is 5.11 Å². The van der Waals surface area contributed by atoms with Crippen molar-refractivity contribution < 1.29 is 14.7 Å². The minimum atomic E-state index is -0.815. The molecular formula is C15H19BrN2O3. The molecule has 1 unspecified atom stereocenters. The SMILES string of the molecule is CC(C(=O)O)N1CCN(C(=O)Cc2ccc(Br)cc2)CC1. The first kappa shape index (κ1) is 16.0. The number of halogens is 1. The van der Waals surface area contributed by atoms with Gasteiger partial charge < -0.3 is 10.0 Å². The Balaban J connectivity index is 1.85. The third kappa shape index (κ3) is 4.28. The van der Waals surface area contributed by atoms with E-state index >= 15 is 0 Å². The van der Waals surface area contributed by atoms with Crippen molar-refractivity contribution in [2.45, 2.75) is 19.4 Å². The number of carboxylic acid groups (broad SMARTS) is 1. The number of hydrogen-bond acceptors (Lipinski definition) is 3. The van der Waals surface area contributed by atoms with Crippen LogP contribution in [-0.2, 0) is 16.0 Å². The molecule has 1 aliphatic heterocycles. The van der Waals surface area contributed by atoms with Gasteiger partial charge in [0.25, 0.3) is 0 Å². The molecule has 1 N–H and O–H groups in total. The predicted octanol–water partition coefficient (Wildman–Crippen LogP) is 1.61. The van der Waals surface area contributed by atoms with Gasteiger partial charge in [0.1, 0.15) is 6.04 Å². The zero-order valence-corrected chi connectivity index (χ0v) is 13.5. The lowest BCUT2D eigenvalue weighted by Crippen LogP contribution is -2.53. The maximum atomic E-state index is 12.2. The van der Waals surface area contributed by atoms with E-state index in [2.05, 4.69) is 15.9 Å². The first-order valence-corrected chi connectivity index (χ1v) is 7.76. The highest BCUT2D eigenvalue weighted by molar-refractivity contribution is 9.10. The van der Waals surface area contributed by atoms with Crippen LogP contribution in [0, 0.1) is 0 Å². The van der Waals surface area contributed by atoms with Crippen LogP contribution in [0.15, 0.2) is 28.7 Å². The van der Waals surface area contributed by atoms with Crippen LogP contribution in [0.3, 0.4) is 0 Å². The van der Waals surface area contributed by atoms with Crippen molar-refractivity contribution in [3.05, 3.63) is 34.3 Å². The van der Waals surface area contributed by atoms with Crippen LogP contribution < -0.4 is 0 Å². The molecule has 1 aromatic carbocycles. The summed E-state index contributed by atoms with van der Waals surface area (Å²) < 4.78 is 0.995. The minimum Gasteiger partial charge on any atom is -0.480 e. The molecule has 0 radical (unpaired) electrons. The Morgan fingerprint density at radius 3 is 2.29 bits per heavy atom. The van der Waals surface area contributed by atoms with Crippen LogP contribution in [0.5, 0.6) is 0 Å². The number of benzene rings is 1. The molecule has 2 rings (SSSR count). The zero-order chi connectivity index (χ0) is 15.4. The van der Waals surface area contributed by atoms with Crippen molar-refractivity contribution in [3.8, 4) is 0 Å². The normalized spacial score (nSPS) is 17.5. The Hall–Kier alpha value is -1.40. The topological polar surface area (TPSA) is 60.9 Å². The number of aliphatic carboxylic acids is 1. The molecule has 0 aromatic heterocycles. The highest BCUT2D eigenvalue weighted by Crippen LogP contribution is 2.13. The summed E-state index contributed by atoms with van der Waals surface area (Å²) in [6, 6.07) is 7.23. The van der Waals surface area contributed by atoms with Gasteiger partial charge in [0.2, 0.25) is 5.91 Å². The van der Waals surface area contributed by atoms with Gasteiger partial charge in [0.15, 0.2) is 0 Å². The number of hydrogen-bond donors (Lipinski definition) is 1. The van der Waals surface area contributed by atoms with Crippen LogP contribution >= 0.6 is 15.9 Å². The van der Waals surface area contributed by atoms with Gasteiger partial charge >= 0.3 is 5.97 Å². The van der Waals surface area contributed by atoms with Gasteiger partial charge in [0, 0.05) is 30.7 Å². The molecule has 21 heavy (non-hydrogen) atoms. The van der Waals surface area contributed by atoms with Crippen molar-refractivity contribution in [3.63, 3.8) is 0 Å². The lowest BCUT2D eigenvalue weighted by Gasteiger charge is -2.36. The van der Waals surface area contributed by atoms with Gasteiger partial charge in [-0.25, -0.2) is 0 Å². The van der Waals surface area contributed by atoms with Crippen LogP contribution in [0.1, 0.15) is 12.5 Å². The van der Waals surface area contributed by atoms with Crippen LogP contribution in [-0.4, -0.2) is 59.0 Å². The summed E-state index contributed by atoms with van der Waals surface area (Å²) >= 11 is 3.37. The third-order valence-electron chi connectivity index (χ3n) is 3.84. The molecule has 0 spiro atoms. The molecule has 0 saturated carbocycles. The van der Waals surface area contributed by atoms with Gasteiger partial charge in [0.05, 0.1) is 6.42 Å². The van der Waals surface area contributed by atoms with Crippen LogP contribution in [0.2, 0.25) is 0 Å². The molecule has 1 atom stereocenters. The molecule has 6 heteroatoms. The lowest BCUT2D eigenvalue weighted by atomic mass is 10.1. The Labute approximate surface area is 132 Å². The van der Waals surface area contributed by atoms with E-state index < -0.39 is 12.0 Å². The van der Waals surface area contributed by atoms with Crippen molar-refractivity contribution >= 4 is 27.8 Å². The fourth-order valence-electron chi connectivity index (χ4n) is 2.40. The summed E-state index contributed by atoms with van der Waals surface area (Å²) in [5.74, 6) is -0.718. The van der Waals surface area contributed by atoms with E-state index in [-0.39, 0.29) is 5.91 Å². The molecule has 1 aromatic rings. The number of nitrogens with zero attached hydrogens (tertiary/aromatic N) is 2. The number of rotatable bonds is 4. The maximum Gasteiger partial charge on any atom is 0.320 e. The summed E-state index contributed by atoms with van der Waals surface area (Å²) in [5, 5.41) is 9.00. The molecule has 5 nitrogen and oxygen atoms in total. The van der Waals surface area contributed by atoms with Crippen LogP contribution in [0.4, 0.5) is 0 Å². The first-order chi connectivity index (χ1) is 9.97. The largest absolute Gasteiger partial charge is 0.480 e. The highest BCUT2D eigenvalue weighted by atomic mass is 79.9. The fourth-order valence-corrected chi connectivity index (χ4v) is 2.67. The van der Waals surface area contributed by atoms with E-state index in [1.165, 1.54) is 0 Å². The average molecular weight is 355 g/mol. The molecule has 0 bridgehead atoms. The van der Waals surface area contributed by atoms with Gasteiger partial charge in [-0.2, -0.15) is 0 Å². The number of amides is 1. The van der Waals surface area contributed by atoms with E-state index in [1.54, 1.807) is 6.92 Å². The third-order valence-corrected chi connectivity index (χ3v) is 4.37. The molecule has 1 saturated heterocycles. The molecule has 0 aliphatic carbocycles. The summed E-state index contributed by atoms with van der Waals surface area (Å²) in [6.45, 7) is 4.08. The van der Waals surface area contributed by atoms with E-state index in [1.807, 2.05) is 34.1 Å². The Bertz CT molecular complexity index is 510. The number of carbonyl (C=O) groups is 2. The van der Waals surface area contributed by atoms with Crippen molar-refractivity contribution in [1.29, 1.82) is 0 Å².